The molecule has 3 atom stereocenters. The van der Waals surface area contributed by atoms with E-state index in [1.165, 1.54) is 31.3 Å². The largest absolute Gasteiger partial charge is 0.313 e. The van der Waals surface area contributed by atoms with Crippen molar-refractivity contribution in [3.8, 4) is 0 Å². The maximum Gasteiger partial charge on any atom is 0.150 e. The van der Waals surface area contributed by atoms with E-state index in [9.17, 15) is 8.42 Å². The molecule has 1 saturated heterocycles. The Kier molecular flexibility index (Phi) is 5.39. The van der Waals surface area contributed by atoms with Gasteiger partial charge in [-0.2, -0.15) is 11.8 Å². The second kappa shape index (κ2) is 6.62. The molecule has 1 N–H and O–H groups in total. The molecular weight excluding hydrogens is 266 g/mol. The number of hydrogen-bond donors (Lipinski definition) is 1. The highest BCUT2D eigenvalue weighted by molar-refractivity contribution is 7.99. The monoisotopic (exact) mass is 291 g/mol. The van der Waals surface area contributed by atoms with E-state index >= 15 is 0 Å². The summed E-state index contributed by atoms with van der Waals surface area (Å²) in [4.78, 5) is 0. The van der Waals surface area contributed by atoms with Crippen molar-refractivity contribution in [3.05, 3.63) is 0 Å². The fraction of sp³-hybridized carbons (Fsp3) is 1.00. The van der Waals surface area contributed by atoms with Gasteiger partial charge in [0.2, 0.25) is 0 Å². The van der Waals surface area contributed by atoms with Crippen LogP contribution >= 0.6 is 11.8 Å². The van der Waals surface area contributed by atoms with Crippen molar-refractivity contribution in [2.45, 2.75) is 61.5 Å². The van der Waals surface area contributed by atoms with Crippen LogP contribution in [0.4, 0.5) is 0 Å². The SMILES string of the molecule is CS(=O)(=O)C1CCCC(NCC2CCCCS2)C1. The van der Waals surface area contributed by atoms with E-state index in [-0.39, 0.29) is 5.25 Å². The molecule has 0 aromatic rings. The molecule has 2 rings (SSSR count). The Bertz CT molecular complexity index is 350. The lowest BCUT2D eigenvalue weighted by molar-refractivity contribution is 0.370. The first kappa shape index (κ1) is 14.7. The smallest absolute Gasteiger partial charge is 0.150 e. The van der Waals surface area contributed by atoms with Gasteiger partial charge < -0.3 is 5.32 Å². The molecular formula is C13H25NO2S2. The molecule has 3 nitrogen and oxygen atoms in total. The quantitative estimate of drug-likeness (QED) is 0.863. The minimum atomic E-state index is -2.85. The summed E-state index contributed by atoms with van der Waals surface area (Å²) in [6.07, 6.45) is 9.29. The lowest BCUT2D eigenvalue weighted by Gasteiger charge is -2.31. The van der Waals surface area contributed by atoms with Gasteiger partial charge in [0.15, 0.2) is 0 Å². The molecule has 1 saturated carbocycles. The molecule has 1 aliphatic heterocycles. The van der Waals surface area contributed by atoms with E-state index < -0.39 is 9.84 Å². The van der Waals surface area contributed by atoms with Gasteiger partial charge in [-0.05, 0) is 37.9 Å². The summed E-state index contributed by atoms with van der Waals surface area (Å²) in [5, 5.41) is 4.25. The Morgan fingerprint density at radius 2 is 2.00 bits per heavy atom. The summed E-state index contributed by atoms with van der Waals surface area (Å²) in [6, 6.07) is 0.418. The van der Waals surface area contributed by atoms with E-state index in [4.69, 9.17) is 0 Å². The molecule has 0 radical (unpaired) electrons. The van der Waals surface area contributed by atoms with E-state index in [2.05, 4.69) is 17.1 Å². The van der Waals surface area contributed by atoms with E-state index in [1.807, 2.05) is 0 Å². The molecule has 0 aromatic heterocycles. The second-order valence-corrected chi connectivity index (χ2v) is 9.45. The maximum atomic E-state index is 11.6. The summed E-state index contributed by atoms with van der Waals surface area (Å²) >= 11 is 2.08. The van der Waals surface area contributed by atoms with Crippen LogP contribution in [0, 0.1) is 0 Å². The lowest BCUT2D eigenvalue weighted by atomic mass is 9.95. The van der Waals surface area contributed by atoms with Gasteiger partial charge in [-0.25, -0.2) is 8.42 Å². The van der Waals surface area contributed by atoms with Crippen LogP contribution in [0.2, 0.25) is 0 Å². The molecule has 0 spiro atoms. The molecule has 0 amide bonds. The van der Waals surface area contributed by atoms with Crippen molar-refractivity contribution in [1.29, 1.82) is 0 Å². The fourth-order valence-electron chi connectivity index (χ4n) is 2.99. The third-order valence-corrected chi connectivity index (χ3v) is 7.18. The molecule has 5 heteroatoms. The van der Waals surface area contributed by atoms with Crippen LogP contribution in [0.25, 0.3) is 0 Å². The maximum absolute atomic E-state index is 11.6. The van der Waals surface area contributed by atoms with Gasteiger partial charge in [-0.1, -0.05) is 12.8 Å². The van der Waals surface area contributed by atoms with E-state index in [0.29, 0.717) is 6.04 Å². The summed E-state index contributed by atoms with van der Waals surface area (Å²) in [5.74, 6) is 1.29. The van der Waals surface area contributed by atoms with Crippen LogP contribution < -0.4 is 5.32 Å². The second-order valence-electron chi connectivity index (χ2n) is 5.71. The third kappa shape index (κ3) is 4.42. The van der Waals surface area contributed by atoms with Crippen molar-refractivity contribution >= 4 is 21.6 Å². The summed E-state index contributed by atoms with van der Waals surface area (Å²) in [6.45, 7) is 1.06. The highest BCUT2D eigenvalue weighted by atomic mass is 32.2. The van der Waals surface area contributed by atoms with Crippen LogP contribution in [0.3, 0.4) is 0 Å². The van der Waals surface area contributed by atoms with Crippen molar-refractivity contribution in [1.82, 2.24) is 5.32 Å². The van der Waals surface area contributed by atoms with Gasteiger partial charge in [-0.15, -0.1) is 0 Å². The summed E-state index contributed by atoms with van der Waals surface area (Å²) in [7, 11) is -2.85. The van der Waals surface area contributed by atoms with E-state index in [0.717, 1.165) is 37.5 Å². The molecule has 106 valence electrons. The number of rotatable bonds is 4. The van der Waals surface area contributed by atoms with Gasteiger partial charge in [-0.3, -0.25) is 0 Å². The van der Waals surface area contributed by atoms with Crippen molar-refractivity contribution < 1.29 is 8.42 Å². The Balaban J connectivity index is 1.75. The zero-order chi connectivity index (χ0) is 13.0. The molecule has 1 heterocycles. The first-order valence-corrected chi connectivity index (χ1v) is 10.1. The molecule has 3 unspecified atom stereocenters. The van der Waals surface area contributed by atoms with Crippen LogP contribution in [0.15, 0.2) is 0 Å². The van der Waals surface area contributed by atoms with Crippen LogP contribution in [0.1, 0.15) is 44.9 Å². The van der Waals surface area contributed by atoms with Crippen molar-refractivity contribution in [2.75, 3.05) is 18.6 Å². The Morgan fingerprint density at radius 3 is 2.67 bits per heavy atom. The average molecular weight is 291 g/mol. The molecule has 0 bridgehead atoms. The first-order chi connectivity index (χ1) is 8.55. The van der Waals surface area contributed by atoms with Crippen LogP contribution in [-0.4, -0.2) is 43.5 Å². The van der Waals surface area contributed by atoms with Gasteiger partial charge in [0.25, 0.3) is 0 Å². The summed E-state index contributed by atoms with van der Waals surface area (Å²) < 4.78 is 23.2. The predicted octanol–water partition coefficient (Wildman–Crippen LogP) is 2.22. The molecule has 2 fully saturated rings. The highest BCUT2D eigenvalue weighted by Crippen LogP contribution is 2.26. The predicted molar refractivity (Wildman–Crippen MR) is 79.0 cm³/mol. The first-order valence-electron chi connectivity index (χ1n) is 7.09. The van der Waals surface area contributed by atoms with Crippen molar-refractivity contribution in [3.63, 3.8) is 0 Å². The lowest BCUT2D eigenvalue weighted by Crippen LogP contribution is -2.41. The summed E-state index contributed by atoms with van der Waals surface area (Å²) in [5.41, 5.74) is 0. The highest BCUT2D eigenvalue weighted by Gasteiger charge is 2.29. The van der Waals surface area contributed by atoms with Gasteiger partial charge in [0.05, 0.1) is 5.25 Å². The van der Waals surface area contributed by atoms with Crippen molar-refractivity contribution in [2.24, 2.45) is 0 Å². The Labute approximate surface area is 115 Å². The number of nitrogens with one attached hydrogen (secondary N) is 1. The van der Waals surface area contributed by atoms with Gasteiger partial charge >= 0.3 is 0 Å². The Hall–Kier alpha value is 0.260. The number of sulfone groups is 1. The topological polar surface area (TPSA) is 46.2 Å². The standard InChI is InChI=1S/C13H25NO2S2/c1-18(15,16)13-7-4-5-11(9-13)14-10-12-6-2-3-8-17-12/h11-14H,2-10H2,1H3. The fourth-order valence-corrected chi connectivity index (χ4v) is 5.41. The molecule has 2 aliphatic rings. The molecule has 18 heavy (non-hydrogen) atoms. The van der Waals surface area contributed by atoms with Gasteiger partial charge in [0.1, 0.15) is 9.84 Å². The van der Waals surface area contributed by atoms with E-state index in [1.54, 1.807) is 0 Å². The normalized spacial score (nSPS) is 34.4. The number of thioether (sulfide) groups is 1. The Morgan fingerprint density at radius 1 is 1.17 bits per heavy atom. The molecule has 1 aliphatic carbocycles. The van der Waals surface area contributed by atoms with Gasteiger partial charge in [0, 0.05) is 24.1 Å². The zero-order valence-corrected chi connectivity index (χ0v) is 12.9. The third-order valence-electron chi connectivity index (χ3n) is 4.14. The minimum absolute atomic E-state index is 0.109. The number of hydrogen-bond acceptors (Lipinski definition) is 4. The minimum Gasteiger partial charge on any atom is -0.313 e. The zero-order valence-electron chi connectivity index (χ0n) is 11.2. The van der Waals surface area contributed by atoms with Crippen LogP contribution in [-0.2, 0) is 9.84 Å². The average Bonchev–Trinajstić information content (AvgIpc) is 2.37. The molecule has 0 aromatic carbocycles. The van der Waals surface area contributed by atoms with Crippen LogP contribution in [0.5, 0.6) is 0 Å².